The third-order valence-electron chi connectivity index (χ3n) is 5.25. The van der Waals surface area contributed by atoms with Crippen molar-refractivity contribution in [3.63, 3.8) is 0 Å². The van der Waals surface area contributed by atoms with Gasteiger partial charge in [0.2, 0.25) is 0 Å². The molecule has 0 spiro atoms. The van der Waals surface area contributed by atoms with Crippen LogP contribution in [0.1, 0.15) is 32.3 Å². The number of carbonyl (C=O) groups excluding carboxylic acids is 2. The Hall–Kier alpha value is -2.81. The number of aryl methyl sites for hydroxylation is 1. The fraction of sp³-hybridized carbons (Fsp3) is 0.407. The van der Waals surface area contributed by atoms with E-state index in [-0.39, 0.29) is 6.79 Å². The predicted octanol–water partition coefficient (Wildman–Crippen LogP) is 4.75. The monoisotopic (exact) mass is 502 g/mol. The molecule has 1 unspecified atom stereocenters. The standard InChI is InChI=1S/C27H34O7S/c1-7-9-21(24-25(28)33-27(4,5)34-26(24)29)17-20(23(10-8-2)32-18-31-6)15-16-35(30)22-13-11-19(3)12-14-22/h7-8,11-17,21,23-24H,1-2,9-10,18H2,3-6H3/b16-15-,20-17-/t21-,23-,35?/m0/s1. The Morgan fingerprint density at radius 1 is 1.11 bits per heavy atom. The number of benzene rings is 1. The van der Waals surface area contributed by atoms with Crippen molar-refractivity contribution in [1.82, 2.24) is 0 Å². The SMILES string of the molecule is C=CC[C@H](OCOC)C(/C=C\S(=O)c1ccc(C)cc1)=C\[C@H](CC=C)C1C(=O)OC(C)(C)OC1=O. The van der Waals surface area contributed by atoms with Gasteiger partial charge in [-0.3, -0.25) is 9.59 Å². The molecule has 2 rings (SSSR count). The Morgan fingerprint density at radius 2 is 1.71 bits per heavy atom. The quantitative estimate of drug-likeness (QED) is 0.126. The average molecular weight is 503 g/mol. The van der Waals surface area contributed by atoms with Gasteiger partial charge in [-0.1, -0.05) is 35.9 Å². The lowest BCUT2D eigenvalue weighted by Gasteiger charge is -2.35. The minimum atomic E-state index is -1.42. The highest BCUT2D eigenvalue weighted by Gasteiger charge is 2.46. The van der Waals surface area contributed by atoms with Gasteiger partial charge in [-0.25, -0.2) is 4.21 Å². The van der Waals surface area contributed by atoms with E-state index in [1.54, 1.807) is 41.8 Å². The van der Waals surface area contributed by atoms with Gasteiger partial charge in [-0.15, -0.1) is 13.2 Å². The third kappa shape index (κ3) is 8.42. The van der Waals surface area contributed by atoms with Crippen molar-refractivity contribution in [3.05, 3.63) is 78.3 Å². The van der Waals surface area contributed by atoms with Gasteiger partial charge in [-0.05, 0) is 43.5 Å². The number of allylic oxidation sites excluding steroid dienone is 2. The molecule has 1 aliphatic rings. The average Bonchev–Trinajstić information content (AvgIpc) is 2.78. The predicted molar refractivity (Wildman–Crippen MR) is 134 cm³/mol. The van der Waals surface area contributed by atoms with Crippen molar-refractivity contribution in [2.24, 2.45) is 11.8 Å². The molecule has 35 heavy (non-hydrogen) atoms. The van der Waals surface area contributed by atoms with Gasteiger partial charge >= 0.3 is 11.9 Å². The van der Waals surface area contributed by atoms with Crippen molar-refractivity contribution in [3.8, 4) is 0 Å². The third-order valence-corrected chi connectivity index (χ3v) is 6.37. The molecule has 0 bridgehead atoms. The van der Waals surface area contributed by atoms with Crippen LogP contribution >= 0.6 is 0 Å². The van der Waals surface area contributed by atoms with E-state index >= 15 is 0 Å². The highest BCUT2D eigenvalue weighted by molar-refractivity contribution is 7.88. The van der Waals surface area contributed by atoms with Crippen LogP contribution in [-0.2, 0) is 39.3 Å². The van der Waals surface area contributed by atoms with Gasteiger partial charge in [0.25, 0.3) is 5.79 Å². The molecule has 1 aromatic rings. The lowest BCUT2D eigenvalue weighted by atomic mass is 9.85. The minimum Gasteiger partial charge on any atom is -0.422 e. The summed E-state index contributed by atoms with van der Waals surface area (Å²) in [5.41, 5.74) is 1.68. The number of rotatable bonds is 13. The molecule has 1 saturated heterocycles. The summed E-state index contributed by atoms with van der Waals surface area (Å²) in [6.07, 6.45) is 6.94. The molecule has 1 aliphatic heterocycles. The Bertz CT molecular complexity index is 971. The molecule has 0 N–H and O–H groups in total. The molecule has 0 radical (unpaired) electrons. The molecule has 1 aromatic carbocycles. The molecule has 0 aromatic heterocycles. The van der Waals surface area contributed by atoms with Gasteiger partial charge in [0.15, 0.2) is 5.92 Å². The lowest BCUT2D eigenvalue weighted by molar-refractivity contribution is -0.241. The zero-order chi connectivity index (χ0) is 26.0. The summed E-state index contributed by atoms with van der Waals surface area (Å²) in [6, 6.07) is 7.39. The molecular formula is C27H34O7S. The van der Waals surface area contributed by atoms with E-state index in [1.165, 1.54) is 21.0 Å². The van der Waals surface area contributed by atoms with Gasteiger partial charge in [0, 0.05) is 37.2 Å². The summed E-state index contributed by atoms with van der Waals surface area (Å²) in [5, 5.41) is 1.55. The van der Waals surface area contributed by atoms with E-state index in [1.807, 2.05) is 19.1 Å². The highest BCUT2D eigenvalue weighted by Crippen LogP contribution is 2.32. The van der Waals surface area contributed by atoms with Crippen molar-refractivity contribution < 1.29 is 32.7 Å². The highest BCUT2D eigenvalue weighted by atomic mass is 32.2. The summed E-state index contributed by atoms with van der Waals surface area (Å²) < 4.78 is 34.4. The first-order valence-corrected chi connectivity index (χ1v) is 12.5. The Labute approximate surface area is 209 Å². The van der Waals surface area contributed by atoms with Crippen LogP contribution in [0.5, 0.6) is 0 Å². The van der Waals surface area contributed by atoms with Crippen LogP contribution < -0.4 is 0 Å². The van der Waals surface area contributed by atoms with E-state index in [0.717, 1.165) is 5.56 Å². The van der Waals surface area contributed by atoms with Crippen LogP contribution in [0.2, 0.25) is 0 Å². The van der Waals surface area contributed by atoms with Crippen LogP contribution in [-0.4, -0.2) is 41.9 Å². The molecule has 190 valence electrons. The maximum atomic E-state index is 12.9. The molecule has 7 nitrogen and oxygen atoms in total. The first-order chi connectivity index (χ1) is 16.6. The van der Waals surface area contributed by atoms with E-state index in [0.29, 0.717) is 23.3 Å². The molecule has 1 fully saturated rings. The minimum absolute atomic E-state index is 0.0125. The maximum absolute atomic E-state index is 12.9. The zero-order valence-electron chi connectivity index (χ0n) is 20.7. The van der Waals surface area contributed by atoms with E-state index in [2.05, 4.69) is 13.2 Å². The number of methoxy groups -OCH3 is 1. The normalized spacial score (nSPS) is 19.0. The number of hydrogen-bond acceptors (Lipinski definition) is 7. The maximum Gasteiger partial charge on any atom is 0.324 e. The van der Waals surface area contributed by atoms with Crippen LogP contribution in [0.15, 0.2) is 77.6 Å². The van der Waals surface area contributed by atoms with Gasteiger partial charge in [0.1, 0.15) is 6.79 Å². The number of ether oxygens (including phenoxy) is 4. The fourth-order valence-corrected chi connectivity index (χ4v) is 4.42. The molecule has 3 atom stereocenters. The van der Waals surface area contributed by atoms with Crippen molar-refractivity contribution in [2.75, 3.05) is 13.9 Å². The molecule has 8 heteroatoms. The van der Waals surface area contributed by atoms with Crippen LogP contribution in [0, 0.1) is 18.8 Å². The molecule has 1 heterocycles. The van der Waals surface area contributed by atoms with E-state index < -0.39 is 46.5 Å². The number of carbonyl (C=O) groups is 2. The van der Waals surface area contributed by atoms with E-state index in [9.17, 15) is 13.8 Å². The van der Waals surface area contributed by atoms with Crippen molar-refractivity contribution in [2.45, 2.75) is 50.4 Å². The lowest BCUT2D eigenvalue weighted by Crippen LogP contribution is -2.48. The summed E-state index contributed by atoms with van der Waals surface area (Å²) >= 11 is 0. The van der Waals surface area contributed by atoms with E-state index in [4.69, 9.17) is 18.9 Å². The summed E-state index contributed by atoms with van der Waals surface area (Å²) in [5.74, 6) is -4.44. The Kier molecular flexibility index (Phi) is 10.8. The number of esters is 2. The zero-order valence-corrected chi connectivity index (χ0v) is 21.5. The van der Waals surface area contributed by atoms with Gasteiger partial charge in [0.05, 0.1) is 16.9 Å². The number of hydrogen-bond donors (Lipinski definition) is 0. The van der Waals surface area contributed by atoms with Crippen molar-refractivity contribution >= 4 is 22.7 Å². The van der Waals surface area contributed by atoms with Gasteiger partial charge in [-0.2, -0.15) is 0 Å². The first kappa shape index (κ1) is 28.4. The topological polar surface area (TPSA) is 88.1 Å². The van der Waals surface area contributed by atoms with Gasteiger partial charge < -0.3 is 18.9 Å². The first-order valence-electron chi connectivity index (χ1n) is 11.3. The molecule has 0 aliphatic carbocycles. The summed E-state index contributed by atoms with van der Waals surface area (Å²) in [6.45, 7) is 12.5. The number of cyclic esters (lactones) is 2. The second kappa shape index (κ2) is 13.3. The molecule has 0 amide bonds. The Morgan fingerprint density at radius 3 is 2.26 bits per heavy atom. The second-order valence-electron chi connectivity index (χ2n) is 8.57. The summed E-state index contributed by atoms with van der Waals surface area (Å²) in [7, 11) is 0.0834. The van der Waals surface area contributed by atoms with Crippen LogP contribution in [0.4, 0.5) is 0 Å². The summed E-state index contributed by atoms with van der Waals surface area (Å²) in [4.78, 5) is 26.1. The smallest absolute Gasteiger partial charge is 0.324 e. The second-order valence-corrected chi connectivity index (χ2v) is 9.91. The Balaban J connectivity index is 2.47. The molecular weight excluding hydrogens is 468 g/mol. The fourth-order valence-electron chi connectivity index (χ4n) is 3.58. The van der Waals surface area contributed by atoms with Crippen LogP contribution in [0.3, 0.4) is 0 Å². The molecule has 0 saturated carbocycles. The largest absolute Gasteiger partial charge is 0.422 e. The van der Waals surface area contributed by atoms with Crippen LogP contribution in [0.25, 0.3) is 0 Å². The van der Waals surface area contributed by atoms with Crippen molar-refractivity contribution in [1.29, 1.82) is 0 Å².